The fourth-order valence-electron chi connectivity index (χ4n) is 3.53. The summed E-state index contributed by atoms with van der Waals surface area (Å²) in [5.41, 5.74) is 0.648. The monoisotopic (exact) mass is 645 g/mol. The lowest BCUT2D eigenvalue weighted by Crippen LogP contribution is -2.19. The Morgan fingerprint density at radius 1 is 0.838 bits per heavy atom. The Bertz CT molecular complexity index is 1630. The van der Waals surface area contributed by atoms with Gasteiger partial charge in [0.05, 0.1) is 21.7 Å². The van der Waals surface area contributed by atoms with Crippen molar-refractivity contribution >= 4 is 65.0 Å². The number of anilines is 2. The number of nitrogens with zero attached hydrogens (tertiary/aromatic N) is 1. The molecule has 1 aromatic heterocycles. The van der Waals surface area contributed by atoms with Gasteiger partial charge in [0.1, 0.15) is 11.6 Å². The quantitative estimate of drug-likeness (QED) is 0.255. The van der Waals surface area contributed by atoms with Crippen molar-refractivity contribution in [1.82, 2.24) is 4.98 Å². The number of carbonyl (C=O) groups excluding carboxylic acids is 2. The van der Waals surface area contributed by atoms with Crippen LogP contribution in [0.3, 0.4) is 0 Å². The van der Waals surface area contributed by atoms with Crippen molar-refractivity contribution in [2.75, 3.05) is 16.9 Å². The molecule has 0 unspecified atom stereocenters. The zero-order valence-corrected chi connectivity index (χ0v) is 23.1. The second-order valence-corrected chi connectivity index (χ2v) is 11.7. The molecule has 0 saturated carbocycles. The molecule has 4 aromatic rings. The molecular weight excluding hydrogens is 629 g/mol. The number of amides is 2. The summed E-state index contributed by atoms with van der Waals surface area (Å²) in [5.74, 6) is -1.85. The van der Waals surface area contributed by atoms with Crippen LogP contribution in [0.15, 0.2) is 92.8 Å². The number of hydrogen-bond acceptors (Lipinski definition) is 5. The van der Waals surface area contributed by atoms with E-state index < -0.39 is 27.5 Å². The molecule has 2 N–H and O–H groups in total. The first-order chi connectivity index (χ1) is 17.5. The normalized spacial score (nSPS) is 11.1. The molecule has 7 nitrogen and oxygen atoms in total. The largest absolute Gasteiger partial charge is 0.321 e. The van der Waals surface area contributed by atoms with E-state index in [2.05, 4.69) is 47.5 Å². The van der Waals surface area contributed by atoms with Crippen molar-refractivity contribution in [3.05, 3.63) is 105 Å². The average molecular weight is 647 g/mol. The summed E-state index contributed by atoms with van der Waals surface area (Å²) in [6.07, 6.45) is 2.60. The number of rotatable bonds is 6. The van der Waals surface area contributed by atoms with E-state index in [4.69, 9.17) is 0 Å². The van der Waals surface area contributed by atoms with Crippen LogP contribution in [-0.4, -0.2) is 31.5 Å². The second kappa shape index (κ2) is 10.9. The number of carbonyl (C=O) groups is 2. The third-order valence-electron chi connectivity index (χ3n) is 5.25. The summed E-state index contributed by atoms with van der Waals surface area (Å²) < 4.78 is 40.7. The van der Waals surface area contributed by atoms with E-state index >= 15 is 4.39 Å². The molecule has 37 heavy (non-hydrogen) atoms. The predicted octanol–water partition coefficient (Wildman–Crippen LogP) is 6.32. The Kier molecular flexibility index (Phi) is 7.86. The third-order valence-corrected chi connectivity index (χ3v) is 7.37. The maximum absolute atomic E-state index is 15.1. The molecule has 2 amide bonds. The summed E-state index contributed by atoms with van der Waals surface area (Å²) >= 11 is 6.59. The van der Waals surface area contributed by atoms with Gasteiger partial charge in [-0.3, -0.25) is 9.59 Å². The predicted molar refractivity (Wildman–Crippen MR) is 147 cm³/mol. The van der Waals surface area contributed by atoms with Crippen LogP contribution in [0.4, 0.5) is 15.9 Å². The molecule has 1 heterocycles. The van der Waals surface area contributed by atoms with Gasteiger partial charge in [-0.05, 0) is 70.0 Å². The van der Waals surface area contributed by atoms with Gasteiger partial charge < -0.3 is 10.6 Å². The minimum absolute atomic E-state index is 0.0531. The van der Waals surface area contributed by atoms with Gasteiger partial charge in [-0.15, -0.1) is 0 Å². The van der Waals surface area contributed by atoms with Gasteiger partial charge in [-0.1, -0.05) is 40.2 Å². The van der Waals surface area contributed by atoms with Crippen molar-refractivity contribution in [2.45, 2.75) is 4.90 Å². The Balaban J connectivity index is 1.61. The van der Waals surface area contributed by atoms with Gasteiger partial charge in [0.15, 0.2) is 9.84 Å². The van der Waals surface area contributed by atoms with Crippen LogP contribution in [0, 0.1) is 5.82 Å². The molecule has 11 heteroatoms. The molecule has 188 valence electrons. The van der Waals surface area contributed by atoms with E-state index in [0.717, 1.165) is 16.8 Å². The molecule has 0 atom stereocenters. The first-order valence-corrected chi connectivity index (χ1v) is 14.1. The van der Waals surface area contributed by atoms with Gasteiger partial charge in [0.2, 0.25) is 0 Å². The lowest BCUT2D eigenvalue weighted by Gasteiger charge is -2.13. The summed E-state index contributed by atoms with van der Waals surface area (Å²) in [6, 6.07) is 18.1. The molecule has 0 saturated heterocycles. The summed E-state index contributed by atoms with van der Waals surface area (Å²) in [6.45, 7) is 0. The highest BCUT2D eigenvalue weighted by atomic mass is 79.9. The van der Waals surface area contributed by atoms with Crippen molar-refractivity contribution in [3.8, 4) is 11.1 Å². The second-order valence-electron chi connectivity index (χ2n) is 7.92. The summed E-state index contributed by atoms with van der Waals surface area (Å²) in [4.78, 5) is 30.0. The number of sulfone groups is 1. The molecule has 0 bridgehead atoms. The SMILES string of the molecule is CS(=O)(=O)c1ccccc1-c1ccc(C(=O)Nc2ccc(Br)cc2C(=O)Nc2ccc(Br)cn2)c(F)c1. The van der Waals surface area contributed by atoms with E-state index in [-0.39, 0.29) is 21.7 Å². The van der Waals surface area contributed by atoms with Crippen molar-refractivity contribution in [2.24, 2.45) is 0 Å². The number of nitrogens with one attached hydrogen (secondary N) is 2. The molecule has 4 rings (SSSR count). The highest BCUT2D eigenvalue weighted by molar-refractivity contribution is 9.10. The topological polar surface area (TPSA) is 105 Å². The maximum Gasteiger partial charge on any atom is 0.258 e. The summed E-state index contributed by atoms with van der Waals surface area (Å²) in [5, 5.41) is 5.24. The highest BCUT2D eigenvalue weighted by Gasteiger charge is 2.20. The van der Waals surface area contributed by atoms with Crippen LogP contribution in [-0.2, 0) is 9.84 Å². The zero-order valence-electron chi connectivity index (χ0n) is 19.1. The van der Waals surface area contributed by atoms with Gasteiger partial charge >= 0.3 is 0 Å². The molecule has 0 fully saturated rings. The van der Waals surface area contributed by atoms with Gasteiger partial charge in [0.25, 0.3) is 11.8 Å². The van der Waals surface area contributed by atoms with E-state index in [0.29, 0.717) is 21.4 Å². The van der Waals surface area contributed by atoms with Crippen LogP contribution < -0.4 is 10.6 Å². The number of benzene rings is 3. The lowest BCUT2D eigenvalue weighted by atomic mass is 10.0. The van der Waals surface area contributed by atoms with E-state index in [1.54, 1.807) is 36.4 Å². The first kappa shape index (κ1) is 26.6. The zero-order chi connectivity index (χ0) is 26.7. The van der Waals surface area contributed by atoms with Crippen molar-refractivity contribution < 1.29 is 22.4 Å². The van der Waals surface area contributed by atoms with Crippen LogP contribution in [0.25, 0.3) is 11.1 Å². The van der Waals surface area contributed by atoms with Crippen molar-refractivity contribution in [1.29, 1.82) is 0 Å². The molecule has 0 radical (unpaired) electrons. The van der Waals surface area contributed by atoms with E-state index in [1.165, 1.54) is 36.5 Å². The fourth-order valence-corrected chi connectivity index (χ4v) is 5.04. The Morgan fingerprint density at radius 3 is 2.22 bits per heavy atom. The van der Waals surface area contributed by atoms with E-state index in [9.17, 15) is 18.0 Å². The molecular formula is C26H18Br2FN3O4S. The van der Waals surface area contributed by atoms with Crippen LogP contribution >= 0.6 is 31.9 Å². The highest BCUT2D eigenvalue weighted by Crippen LogP contribution is 2.29. The Hall–Kier alpha value is -3.41. The Labute approximate surface area is 229 Å². The standard InChI is InChI=1S/C26H18Br2FN3O4S/c1-37(35,36)23-5-3-2-4-18(23)15-6-9-19(21(29)12-15)25(33)31-22-10-7-16(27)13-20(22)26(34)32-24-11-8-17(28)14-30-24/h2-14H,1H3,(H,31,33)(H,30,32,34). The molecule has 0 aliphatic heterocycles. The molecule has 3 aromatic carbocycles. The van der Waals surface area contributed by atoms with Crippen molar-refractivity contribution in [3.63, 3.8) is 0 Å². The average Bonchev–Trinajstić information content (AvgIpc) is 2.85. The number of aromatic nitrogens is 1. The van der Waals surface area contributed by atoms with Gasteiger partial charge in [0, 0.05) is 27.0 Å². The van der Waals surface area contributed by atoms with Crippen LogP contribution in [0.5, 0.6) is 0 Å². The number of hydrogen-bond donors (Lipinski definition) is 2. The smallest absolute Gasteiger partial charge is 0.258 e. The molecule has 0 aliphatic rings. The third kappa shape index (κ3) is 6.30. The minimum Gasteiger partial charge on any atom is -0.321 e. The fraction of sp³-hybridized carbons (Fsp3) is 0.0385. The summed E-state index contributed by atoms with van der Waals surface area (Å²) in [7, 11) is -3.55. The Morgan fingerprint density at radius 2 is 1.54 bits per heavy atom. The lowest BCUT2D eigenvalue weighted by molar-refractivity contribution is 0.102. The minimum atomic E-state index is -3.55. The van der Waals surface area contributed by atoms with Gasteiger partial charge in [-0.2, -0.15) is 0 Å². The molecule has 0 aliphatic carbocycles. The number of pyridine rings is 1. The first-order valence-electron chi connectivity index (χ1n) is 10.7. The maximum atomic E-state index is 15.1. The van der Waals surface area contributed by atoms with Gasteiger partial charge in [-0.25, -0.2) is 17.8 Å². The van der Waals surface area contributed by atoms with E-state index in [1.807, 2.05) is 0 Å². The number of halogens is 3. The molecule has 0 spiro atoms. The van der Waals surface area contributed by atoms with Crippen LogP contribution in [0.1, 0.15) is 20.7 Å². The van der Waals surface area contributed by atoms with Crippen LogP contribution in [0.2, 0.25) is 0 Å².